The second-order valence-electron chi connectivity index (χ2n) is 8.74. The first kappa shape index (κ1) is 23.9. The van der Waals surface area contributed by atoms with Gasteiger partial charge in [-0.3, -0.25) is 4.79 Å². The van der Waals surface area contributed by atoms with Crippen LogP contribution in [-0.4, -0.2) is 27.1 Å². The van der Waals surface area contributed by atoms with E-state index >= 15 is 0 Å². The molecule has 4 rings (SSSR count). The zero-order chi connectivity index (χ0) is 24.5. The quantitative estimate of drug-likeness (QED) is 0.492. The van der Waals surface area contributed by atoms with E-state index in [0.29, 0.717) is 59.4 Å². The Bertz CT molecular complexity index is 1200. The number of carbonyl (C=O) groups excluding carboxylic acids is 1. The molecule has 34 heavy (non-hydrogen) atoms. The van der Waals surface area contributed by atoms with Gasteiger partial charge in [0.2, 0.25) is 0 Å². The van der Waals surface area contributed by atoms with Crippen LogP contribution in [0.15, 0.2) is 42.5 Å². The number of alkyl halides is 3. The number of ether oxygens (including phenoxy) is 1. The number of aryl methyl sites for hydroxylation is 1. The van der Waals surface area contributed by atoms with Crippen LogP contribution >= 0.6 is 0 Å². The van der Waals surface area contributed by atoms with Crippen LogP contribution in [-0.2, 0) is 27.9 Å². The molecule has 1 saturated carbocycles. The second kappa shape index (κ2) is 9.21. The molecule has 0 aliphatic heterocycles. The van der Waals surface area contributed by atoms with Crippen molar-refractivity contribution in [1.82, 2.24) is 9.97 Å². The molecule has 3 aromatic rings. The number of aliphatic hydroxyl groups is 1. The van der Waals surface area contributed by atoms with Gasteiger partial charge in [-0.15, -0.1) is 0 Å². The molecule has 0 radical (unpaired) electrons. The van der Waals surface area contributed by atoms with Crippen LogP contribution < -0.4 is 5.32 Å². The van der Waals surface area contributed by atoms with E-state index in [9.17, 15) is 23.1 Å². The summed E-state index contributed by atoms with van der Waals surface area (Å²) in [6.07, 6.45) is -2.62. The summed E-state index contributed by atoms with van der Waals surface area (Å²) in [5.74, 6) is 0.677. The molecule has 0 unspecified atom stereocenters. The Hall–Kier alpha value is -3.20. The number of nitrogens with one attached hydrogen (secondary N) is 1. The number of hydrogen-bond acceptors (Lipinski definition) is 6. The summed E-state index contributed by atoms with van der Waals surface area (Å²) in [6, 6.07) is 10.6. The Labute approximate surface area is 195 Å². The van der Waals surface area contributed by atoms with Gasteiger partial charge in [0.1, 0.15) is 17.7 Å². The van der Waals surface area contributed by atoms with Crippen LogP contribution in [0.25, 0.3) is 10.9 Å². The number of esters is 1. The summed E-state index contributed by atoms with van der Waals surface area (Å²) in [5.41, 5.74) is 0.0617. The molecular weight excluding hydrogens is 447 g/mol. The van der Waals surface area contributed by atoms with E-state index in [4.69, 9.17) is 4.74 Å². The van der Waals surface area contributed by atoms with Crippen molar-refractivity contribution in [3.63, 3.8) is 0 Å². The molecule has 1 aliphatic rings. The van der Waals surface area contributed by atoms with Gasteiger partial charge in [0.15, 0.2) is 0 Å². The van der Waals surface area contributed by atoms with Crippen molar-refractivity contribution in [3.05, 3.63) is 65.0 Å². The molecule has 2 aromatic carbocycles. The van der Waals surface area contributed by atoms with Gasteiger partial charge >= 0.3 is 12.1 Å². The van der Waals surface area contributed by atoms with E-state index < -0.39 is 17.3 Å². The number of fused-ring (bicyclic) bond motifs is 1. The van der Waals surface area contributed by atoms with Crippen molar-refractivity contribution in [2.45, 2.75) is 64.0 Å². The average molecular weight is 473 g/mol. The van der Waals surface area contributed by atoms with Gasteiger partial charge in [0.05, 0.1) is 16.7 Å². The molecule has 1 heterocycles. The fraction of sp³-hybridized carbons (Fsp3) is 0.400. The SMILES string of the molecule is CC(=O)OC1CCC(O)(c2ccc3nc(C)nc(NCc4cccc(C(F)(F)F)c4)c3c2)CC1. The number of nitrogens with zero attached hydrogens (tertiary/aromatic N) is 2. The van der Waals surface area contributed by atoms with Gasteiger partial charge in [-0.05, 0) is 68.0 Å². The Kier molecular flexibility index (Phi) is 6.49. The van der Waals surface area contributed by atoms with Crippen LogP contribution in [0.3, 0.4) is 0 Å². The Morgan fingerprint density at radius 3 is 2.59 bits per heavy atom. The average Bonchev–Trinajstić information content (AvgIpc) is 2.78. The maximum absolute atomic E-state index is 13.0. The Morgan fingerprint density at radius 1 is 1.18 bits per heavy atom. The summed E-state index contributed by atoms with van der Waals surface area (Å²) >= 11 is 0. The van der Waals surface area contributed by atoms with Gasteiger partial charge in [0, 0.05) is 18.9 Å². The number of carbonyl (C=O) groups is 1. The summed E-state index contributed by atoms with van der Waals surface area (Å²) in [5, 5.41) is 15.1. The second-order valence-corrected chi connectivity index (χ2v) is 8.74. The maximum atomic E-state index is 13.0. The van der Waals surface area contributed by atoms with E-state index in [0.717, 1.165) is 12.1 Å². The predicted octanol–water partition coefficient (Wildman–Crippen LogP) is 5.26. The highest BCUT2D eigenvalue weighted by Crippen LogP contribution is 2.39. The number of aromatic nitrogens is 2. The van der Waals surface area contributed by atoms with Crippen molar-refractivity contribution in [2.24, 2.45) is 0 Å². The van der Waals surface area contributed by atoms with Crippen molar-refractivity contribution in [2.75, 3.05) is 5.32 Å². The van der Waals surface area contributed by atoms with E-state index in [1.54, 1.807) is 13.0 Å². The highest BCUT2D eigenvalue weighted by molar-refractivity contribution is 5.89. The predicted molar refractivity (Wildman–Crippen MR) is 121 cm³/mol. The van der Waals surface area contributed by atoms with Gasteiger partial charge in [0.25, 0.3) is 0 Å². The largest absolute Gasteiger partial charge is 0.463 e. The number of hydrogen-bond donors (Lipinski definition) is 2. The molecule has 0 atom stereocenters. The van der Waals surface area contributed by atoms with Gasteiger partial charge < -0.3 is 15.2 Å². The van der Waals surface area contributed by atoms with E-state index in [1.807, 2.05) is 18.2 Å². The van der Waals surface area contributed by atoms with Crippen molar-refractivity contribution in [3.8, 4) is 0 Å². The molecule has 180 valence electrons. The van der Waals surface area contributed by atoms with Crippen molar-refractivity contribution < 1.29 is 27.8 Å². The maximum Gasteiger partial charge on any atom is 0.416 e. The number of halogens is 3. The minimum Gasteiger partial charge on any atom is -0.463 e. The van der Waals surface area contributed by atoms with Crippen LogP contribution in [0.4, 0.5) is 19.0 Å². The lowest BCUT2D eigenvalue weighted by Crippen LogP contribution is -2.35. The molecule has 2 N–H and O–H groups in total. The summed E-state index contributed by atoms with van der Waals surface area (Å²) in [4.78, 5) is 20.1. The fourth-order valence-electron chi connectivity index (χ4n) is 4.42. The van der Waals surface area contributed by atoms with E-state index in [1.165, 1.54) is 13.0 Å². The molecule has 1 aliphatic carbocycles. The third-order valence-corrected chi connectivity index (χ3v) is 6.15. The topological polar surface area (TPSA) is 84.3 Å². The molecular formula is C25H26F3N3O3. The molecule has 1 fully saturated rings. The minimum atomic E-state index is -4.41. The number of anilines is 1. The summed E-state index contributed by atoms with van der Waals surface area (Å²) in [6.45, 7) is 3.26. The Balaban J connectivity index is 1.59. The standard InChI is InChI=1S/C25H26F3N3O3/c1-15-30-22-7-6-18(24(33)10-8-20(9-11-24)34-16(2)32)13-21(22)23(31-15)29-14-17-4-3-5-19(12-17)25(26,27)28/h3-7,12-13,20,33H,8-11,14H2,1-2H3,(H,29,30,31). The van der Waals surface area contributed by atoms with Gasteiger partial charge in [-0.25, -0.2) is 9.97 Å². The molecule has 9 heteroatoms. The highest BCUT2D eigenvalue weighted by atomic mass is 19.4. The summed E-state index contributed by atoms with van der Waals surface area (Å²) in [7, 11) is 0. The van der Waals surface area contributed by atoms with Gasteiger partial charge in [-0.1, -0.05) is 18.2 Å². The van der Waals surface area contributed by atoms with Crippen LogP contribution in [0.2, 0.25) is 0 Å². The first-order chi connectivity index (χ1) is 16.0. The number of benzene rings is 2. The molecule has 0 bridgehead atoms. The molecule has 6 nitrogen and oxygen atoms in total. The normalized spacial score (nSPS) is 20.8. The Morgan fingerprint density at radius 2 is 1.91 bits per heavy atom. The fourth-order valence-corrected chi connectivity index (χ4v) is 4.42. The zero-order valence-electron chi connectivity index (χ0n) is 18.9. The molecule has 0 amide bonds. The lowest BCUT2D eigenvalue weighted by Gasteiger charge is -2.36. The first-order valence-corrected chi connectivity index (χ1v) is 11.1. The first-order valence-electron chi connectivity index (χ1n) is 11.1. The molecule has 0 spiro atoms. The molecule has 1 aromatic heterocycles. The monoisotopic (exact) mass is 473 g/mol. The minimum absolute atomic E-state index is 0.147. The number of rotatable bonds is 5. The van der Waals surface area contributed by atoms with Crippen LogP contribution in [0.1, 0.15) is 55.1 Å². The summed E-state index contributed by atoms with van der Waals surface area (Å²) < 4.78 is 44.4. The lowest BCUT2D eigenvalue weighted by molar-refractivity contribution is -0.151. The van der Waals surface area contributed by atoms with E-state index in [-0.39, 0.29) is 18.6 Å². The van der Waals surface area contributed by atoms with Crippen molar-refractivity contribution in [1.29, 1.82) is 0 Å². The van der Waals surface area contributed by atoms with Crippen LogP contribution in [0.5, 0.6) is 0 Å². The van der Waals surface area contributed by atoms with E-state index in [2.05, 4.69) is 15.3 Å². The third kappa shape index (κ3) is 5.30. The third-order valence-electron chi connectivity index (χ3n) is 6.15. The smallest absolute Gasteiger partial charge is 0.416 e. The van der Waals surface area contributed by atoms with Crippen LogP contribution in [0, 0.1) is 6.92 Å². The highest BCUT2D eigenvalue weighted by Gasteiger charge is 2.36. The zero-order valence-corrected chi connectivity index (χ0v) is 18.9. The lowest BCUT2D eigenvalue weighted by atomic mass is 9.78. The van der Waals surface area contributed by atoms with Gasteiger partial charge in [-0.2, -0.15) is 13.2 Å². The molecule has 0 saturated heterocycles. The van der Waals surface area contributed by atoms with Crippen molar-refractivity contribution >= 4 is 22.7 Å².